The minimum atomic E-state index is -0.494. The third-order valence-electron chi connectivity index (χ3n) is 3.63. The highest BCUT2D eigenvalue weighted by Gasteiger charge is 2.25. The van der Waals surface area contributed by atoms with Crippen molar-refractivity contribution in [3.05, 3.63) is 29.1 Å². The Labute approximate surface area is 122 Å². The van der Waals surface area contributed by atoms with Crippen LogP contribution in [0.15, 0.2) is 12.1 Å². The van der Waals surface area contributed by atoms with Gasteiger partial charge in [-0.25, -0.2) is 9.18 Å². The molecule has 21 heavy (non-hydrogen) atoms. The van der Waals surface area contributed by atoms with Gasteiger partial charge < -0.3 is 20.3 Å². The number of halogens is 1. The number of piperazine rings is 1. The molecule has 0 saturated carbocycles. The van der Waals surface area contributed by atoms with Gasteiger partial charge >= 0.3 is 6.09 Å². The second-order valence-corrected chi connectivity index (χ2v) is 4.92. The minimum absolute atomic E-state index is 0.224. The number of carbonyl (C=O) groups excluding carboxylic acids is 2. The molecule has 0 atom stereocenters. The second-order valence-electron chi connectivity index (χ2n) is 4.92. The normalized spacial score (nSPS) is 15.0. The van der Waals surface area contributed by atoms with Gasteiger partial charge in [0.2, 0.25) is 0 Å². The summed E-state index contributed by atoms with van der Waals surface area (Å²) >= 11 is 0. The molecule has 114 valence electrons. The number of benzene rings is 1. The zero-order chi connectivity index (χ0) is 15.6. The van der Waals surface area contributed by atoms with Crippen molar-refractivity contribution in [3.8, 4) is 0 Å². The third-order valence-corrected chi connectivity index (χ3v) is 3.63. The average Bonchev–Trinajstić information content (AvgIpc) is 2.50. The van der Waals surface area contributed by atoms with E-state index in [0.29, 0.717) is 31.7 Å². The number of nitrogens with two attached hydrogens (primary N) is 1. The Kier molecular flexibility index (Phi) is 4.30. The van der Waals surface area contributed by atoms with E-state index in [1.54, 1.807) is 11.8 Å². The summed E-state index contributed by atoms with van der Waals surface area (Å²) in [6.45, 7) is 3.10. The number of rotatable bonds is 1. The SMILES string of the molecule is COC(=O)N1CCN(C(=O)c2cc(N)c(C)c(F)c2)CC1. The van der Waals surface area contributed by atoms with Crippen LogP contribution in [-0.2, 0) is 4.74 Å². The first-order valence-electron chi connectivity index (χ1n) is 6.62. The first-order valence-corrected chi connectivity index (χ1v) is 6.62. The summed E-state index contributed by atoms with van der Waals surface area (Å²) in [5.41, 5.74) is 6.50. The van der Waals surface area contributed by atoms with E-state index in [4.69, 9.17) is 5.73 Å². The minimum Gasteiger partial charge on any atom is -0.453 e. The lowest BCUT2D eigenvalue weighted by molar-refractivity contribution is 0.0599. The van der Waals surface area contributed by atoms with Crippen molar-refractivity contribution < 1.29 is 18.7 Å². The molecule has 0 spiro atoms. The lowest BCUT2D eigenvalue weighted by Crippen LogP contribution is -2.50. The predicted molar refractivity (Wildman–Crippen MR) is 75.4 cm³/mol. The average molecular weight is 295 g/mol. The second kappa shape index (κ2) is 5.99. The van der Waals surface area contributed by atoms with Crippen LogP contribution in [0.2, 0.25) is 0 Å². The van der Waals surface area contributed by atoms with E-state index in [-0.39, 0.29) is 17.2 Å². The molecule has 7 heteroatoms. The van der Waals surface area contributed by atoms with Gasteiger partial charge in [0.1, 0.15) is 5.82 Å². The number of amides is 2. The molecule has 1 aromatic rings. The van der Waals surface area contributed by atoms with E-state index in [2.05, 4.69) is 4.74 Å². The molecule has 1 aliphatic heterocycles. The molecule has 2 rings (SSSR count). The molecule has 0 radical (unpaired) electrons. The topological polar surface area (TPSA) is 75.9 Å². The van der Waals surface area contributed by atoms with Crippen LogP contribution in [0.1, 0.15) is 15.9 Å². The van der Waals surface area contributed by atoms with Gasteiger partial charge in [-0.2, -0.15) is 0 Å². The zero-order valence-corrected chi connectivity index (χ0v) is 12.1. The Morgan fingerprint density at radius 2 is 1.76 bits per heavy atom. The van der Waals surface area contributed by atoms with Gasteiger partial charge in [-0.3, -0.25) is 4.79 Å². The number of ether oxygens (including phenoxy) is 1. The van der Waals surface area contributed by atoms with Crippen molar-refractivity contribution in [1.82, 2.24) is 9.80 Å². The molecule has 2 N–H and O–H groups in total. The summed E-state index contributed by atoms with van der Waals surface area (Å²) in [6, 6.07) is 2.67. The molecule has 0 bridgehead atoms. The van der Waals surface area contributed by atoms with Crippen LogP contribution in [-0.4, -0.2) is 55.1 Å². The van der Waals surface area contributed by atoms with Crippen LogP contribution in [0.25, 0.3) is 0 Å². The van der Waals surface area contributed by atoms with E-state index in [9.17, 15) is 14.0 Å². The number of hydrogen-bond donors (Lipinski definition) is 1. The number of carbonyl (C=O) groups is 2. The van der Waals surface area contributed by atoms with Crippen molar-refractivity contribution in [3.63, 3.8) is 0 Å². The van der Waals surface area contributed by atoms with E-state index in [1.165, 1.54) is 24.1 Å². The number of methoxy groups -OCH3 is 1. The summed E-state index contributed by atoms with van der Waals surface area (Å²) in [4.78, 5) is 26.8. The maximum atomic E-state index is 13.7. The molecular formula is C14H18FN3O3. The van der Waals surface area contributed by atoms with Crippen molar-refractivity contribution >= 4 is 17.7 Å². The fourth-order valence-electron chi connectivity index (χ4n) is 2.23. The van der Waals surface area contributed by atoms with Gasteiger partial charge in [0.25, 0.3) is 5.91 Å². The Morgan fingerprint density at radius 3 is 2.29 bits per heavy atom. The molecule has 1 fully saturated rings. The van der Waals surface area contributed by atoms with E-state index in [0.717, 1.165) is 0 Å². The van der Waals surface area contributed by atoms with Crippen LogP contribution in [0.5, 0.6) is 0 Å². The lowest BCUT2D eigenvalue weighted by Gasteiger charge is -2.33. The molecule has 1 aromatic carbocycles. The summed E-state index contributed by atoms with van der Waals surface area (Å²) < 4.78 is 18.3. The quantitative estimate of drug-likeness (QED) is 0.791. The third kappa shape index (κ3) is 3.07. The molecule has 1 saturated heterocycles. The molecule has 1 heterocycles. The van der Waals surface area contributed by atoms with E-state index in [1.807, 2.05) is 0 Å². The van der Waals surface area contributed by atoms with Gasteiger partial charge in [-0.1, -0.05) is 0 Å². The Balaban J connectivity index is 2.07. The maximum absolute atomic E-state index is 13.7. The highest BCUT2D eigenvalue weighted by Crippen LogP contribution is 2.19. The van der Waals surface area contributed by atoms with Gasteiger partial charge in [0.05, 0.1) is 7.11 Å². The van der Waals surface area contributed by atoms with Crippen molar-refractivity contribution in [2.45, 2.75) is 6.92 Å². The van der Waals surface area contributed by atoms with E-state index >= 15 is 0 Å². The number of anilines is 1. The first-order chi connectivity index (χ1) is 9.93. The Hall–Kier alpha value is -2.31. The summed E-state index contributed by atoms with van der Waals surface area (Å²) in [7, 11) is 1.32. The van der Waals surface area contributed by atoms with Crippen LogP contribution in [0.3, 0.4) is 0 Å². The highest BCUT2D eigenvalue weighted by molar-refractivity contribution is 5.95. The lowest BCUT2D eigenvalue weighted by atomic mass is 10.1. The molecule has 6 nitrogen and oxygen atoms in total. The van der Waals surface area contributed by atoms with Crippen LogP contribution < -0.4 is 5.73 Å². The zero-order valence-electron chi connectivity index (χ0n) is 12.1. The van der Waals surface area contributed by atoms with Gasteiger partial charge in [-0.15, -0.1) is 0 Å². The summed E-state index contributed by atoms with van der Waals surface area (Å²) in [5, 5.41) is 0. The van der Waals surface area contributed by atoms with Gasteiger partial charge in [0.15, 0.2) is 0 Å². The Morgan fingerprint density at radius 1 is 1.19 bits per heavy atom. The van der Waals surface area contributed by atoms with Crippen LogP contribution in [0, 0.1) is 12.7 Å². The summed E-state index contributed by atoms with van der Waals surface area (Å²) in [6.07, 6.45) is -0.410. The molecular weight excluding hydrogens is 277 g/mol. The molecule has 0 aromatic heterocycles. The number of hydrogen-bond acceptors (Lipinski definition) is 4. The van der Waals surface area contributed by atoms with Gasteiger partial charge in [0, 0.05) is 43.0 Å². The number of nitrogens with zero attached hydrogens (tertiary/aromatic N) is 2. The van der Waals surface area contributed by atoms with Crippen molar-refractivity contribution in [2.24, 2.45) is 0 Å². The Bertz CT molecular complexity index is 546. The number of nitrogen functional groups attached to an aromatic ring is 1. The maximum Gasteiger partial charge on any atom is 0.409 e. The smallest absolute Gasteiger partial charge is 0.409 e. The standard InChI is InChI=1S/C14H18FN3O3/c1-9-11(15)7-10(8-12(9)16)13(19)17-3-5-18(6-4-17)14(20)21-2/h7-8H,3-6,16H2,1-2H3. The van der Waals surface area contributed by atoms with Crippen molar-refractivity contribution in [2.75, 3.05) is 39.0 Å². The largest absolute Gasteiger partial charge is 0.453 e. The van der Waals surface area contributed by atoms with Gasteiger partial charge in [-0.05, 0) is 19.1 Å². The molecule has 0 unspecified atom stereocenters. The fraction of sp³-hybridized carbons (Fsp3) is 0.429. The molecule has 2 amide bonds. The van der Waals surface area contributed by atoms with Crippen molar-refractivity contribution in [1.29, 1.82) is 0 Å². The summed E-state index contributed by atoms with van der Waals surface area (Å²) in [5.74, 6) is -0.781. The monoisotopic (exact) mass is 295 g/mol. The fourth-order valence-corrected chi connectivity index (χ4v) is 2.23. The van der Waals surface area contributed by atoms with Crippen LogP contribution >= 0.6 is 0 Å². The highest BCUT2D eigenvalue weighted by atomic mass is 19.1. The molecule has 1 aliphatic rings. The van der Waals surface area contributed by atoms with Crippen LogP contribution in [0.4, 0.5) is 14.9 Å². The van der Waals surface area contributed by atoms with E-state index < -0.39 is 11.9 Å². The molecule has 0 aliphatic carbocycles. The first kappa shape index (κ1) is 15.1. The predicted octanol–water partition coefficient (Wildman–Crippen LogP) is 1.24.